The van der Waals surface area contributed by atoms with Crippen LogP contribution in [0.3, 0.4) is 0 Å². The molecular formula is C19H19FO3S. The molecule has 0 bridgehead atoms. The van der Waals surface area contributed by atoms with Gasteiger partial charge in [-0.2, -0.15) is 0 Å². The first-order valence-corrected chi connectivity index (χ1v) is 9.53. The Morgan fingerprint density at radius 2 is 1.71 bits per heavy atom. The van der Waals surface area contributed by atoms with E-state index in [1.165, 1.54) is 18.4 Å². The van der Waals surface area contributed by atoms with Gasteiger partial charge in [0.2, 0.25) is 0 Å². The van der Waals surface area contributed by atoms with Crippen LogP contribution in [0.5, 0.6) is 0 Å². The maximum absolute atomic E-state index is 13.6. The first kappa shape index (κ1) is 16.7. The molecule has 3 rings (SSSR count). The third-order valence-corrected chi connectivity index (χ3v) is 5.10. The van der Waals surface area contributed by atoms with E-state index >= 15 is 0 Å². The Bertz CT molecular complexity index is 910. The highest BCUT2D eigenvalue weighted by molar-refractivity contribution is 7.90. The van der Waals surface area contributed by atoms with Crippen molar-refractivity contribution in [3.63, 3.8) is 0 Å². The fraction of sp³-hybridized carbons (Fsp3) is 0.263. The quantitative estimate of drug-likeness (QED) is 0.832. The smallest absolute Gasteiger partial charge is 0.175 e. The highest BCUT2D eigenvalue weighted by Crippen LogP contribution is 2.43. The summed E-state index contributed by atoms with van der Waals surface area (Å²) in [6.45, 7) is 3.95. The molecule has 1 heterocycles. The zero-order valence-corrected chi connectivity index (χ0v) is 14.7. The van der Waals surface area contributed by atoms with E-state index in [1.54, 1.807) is 30.3 Å². The van der Waals surface area contributed by atoms with Gasteiger partial charge in [0.05, 0.1) is 4.90 Å². The van der Waals surface area contributed by atoms with Gasteiger partial charge in [0, 0.05) is 23.8 Å². The van der Waals surface area contributed by atoms with Crippen molar-refractivity contribution < 1.29 is 17.5 Å². The Morgan fingerprint density at radius 1 is 1.04 bits per heavy atom. The van der Waals surface area contributed by atoms with Crippen LogP contribution in [0, 0.1) is 5.82 Å². The van der Waals surface area contributed by atoms with Crippen molar-refractivity contribution in [2.45, 2.75) is 30.8 Å². The maximum Gasteiger partial charge on any atom is 0.175 e. The van der Waals surface area contributed by atoms with Crippen LogP contribution < -0.4 is 0 Å². The van der Waals surface area contributed by atoms with Crippen molar-refractivity contribution in [3.05, 3.63) is 65.5 Å². The van der Waals surface area contributed by atoms with E-state index in [4.69, 9.17) is 4.74 Å². The number of rotatable bonds is 3. The molecule has 0 saturated carbocycles. The van der Waals surface area contributed by atoms with Crippen molar-refractivity contribution in [1.29, 1.82) is 0 Å². The van der Waals surface area contributed by atoms with Gasteiger partial charge in [-0.25, -0.2) is 12.8 Å². The largest absolute Gasteiger partial charge is 0.487 e. The molecule has 1 aliphatic rings. The summed E-state index contributed by atoms with van der Waals surface area (Å²) in [4.78, 5) is 0.261. The minimum Gasteiger partial charge on any atom is -0.487 e. The summed E-state index contributed by atoms with van der Waals surface area (Å²) in [5.41, 5.74) is 2.09. The normalized spacial score (nSPS) is 17.0. The molecule has 5 heteroatoms. The van der Waals surface area contributed by atoms with E-state index in [0.29, 0.717) is 12.2 Å². The van der Waals surface area contributed by atoms with Gasteiger partial charge in [0.1, 0.15) is 17.2 Å². The number of ether oxygens (including phenoxy) is 1. The van der Waals surface area contributed by atoms with E-state index in [1.807, 2.05) is 19.9 Å². The molecule has 0 unspecified atom stereocenters. The summed E-state index contributed by atoms with van der Waals surface area (Å²) in [6.07, 6.45) is 1.83. The summed E-state index contributed by atoms with van der Waals surface area (Å²) < 4.78 is 42.9. The second-order valence-electron chi connectivity index (χ2n) is 6.65. The van der Waals surface area contributed by atoms with E-state index in [0.717, 1.165) is 16.7 Å². The molecule has 126 valence electrons. The highest BCUT2D eigenvalue weighted by Gasteiger charge is 2.33. The van der Waals surface area contributed by atoms with Crippen LogP contribution in [-0.4, -0.2) is 20.3 Å². The number of sulfone groups is 1. The molecular weight excluding hydrogens is 327 g/mol. The van der Waals surface area contributed by atoms with Gasteiger partial charge in [0.25, 0.3) is 0 Å². The summed E-state index contributed by atoms with van der Waals surface area (Å²) in [5.74, 6) is 0.377. The lowest BCUT2D eigenvalue weighted by Crippen LogP contribution is -2.17. The van der Waals surface area contributed by atoms with E-state index in [9.17, 15) is 12.8 Å². The van der Waals surface area contributed by atoms with Crippen molar-refractivity contribution >= 4 is 21.2 Å². The fourth-order valence-electron chi connectivity index (χ4n) is 2.88. The van der Waals surface area contributed by atoms with Gasteiger partial charge in [0.15, 0.2) is 9.84 Å². The summed E-state index contributed by atoms with van der Waals surface area (Å²) >= 11 is 0. The molecule has 2 aromatic rings. The van der Waals surface area contributed by atoms with Gasteiger partial charge >= 0.3 is 0 Å². The molecule has 0 aliphatic carbocycles. The minimum atomic E-state index is -3.24. The summed E-state index contributed by atoms with van der Waals surface area (Å²) in [7, 11) is -3.24. The first-order valence-electron chi connectivity index (χ1n) is 7.64. The van der Waals surface area contributed by atoms with Crippen LogP contribution in [0.2, 0.25) is 0 Å². The second kappa shape index (κ2) is 5.74. The third-order valence-electron chi connectivity index (χ3n) is 3.97. The monoisotopic (exact) mass is 346 g/mol. The predicted molar refractivity (Wildman–Crippen MR) is 92.5 cm³/mol. The number of hydrogen-bond acceptors (Lipinski definition) is 3. The van der Waals surface area contributed by atoms with E-state index in [-0.39, 0.29) is 10.7 Å². The lowest BCUT2D eigenvalue weighted by Gasteiger charge is -2.19. The SMILES string of the molecule is CC1(C)CC(c2cccc(F)c2)=C(c2ccc(S(C)(=O)=O)cc2)O1. The highest BCUT2D eigenvalue weighted by atomic mass is 32.2. The van der Waals surface area contributed by atoms with Crippen LogP contribution in [0.15, 0.2) is 53.4 Å². The number of benzene rings is 2. The Morgan fingerprint density at radius 3 is 2.29 bits per heavy atom. The van der Waals surface area contributed by atoms with Gasteiger partial charge in [-0.05, 0) is 55.8 Å². The fourth-order valence-corrected chi connectivity index (χ4v) is 3.51. The molecule has 0 atom stereocenters. The average molecular weight is 346 g/mol. The van der Waals surface area contributed by atoms with Crippen molar-refractivity contribution in [3.8, 4) is 0 Å². The van der Waals surface area contributed by atoms with Crippen LogP contribution in [0.1, 0.15) is 31.4 Å². The number of halogens is 1. The summed E-state index contributed by atoms with van der Waals surface area (Å²) in [6, 6.07) is 13.0. The molecule has 0 aromatic heterocycles. The Kier molecular flexibility index (Phi) is 4.00. The Hall–Kier alpha value is -2.14. The van der Waals surface area contributed by atoms with Crippen molar-refractivity contribution in [2.24, 2.45) is 0 Å². The predicted octanol–water partition coefficient (Wildman–Crippen LogP) is 4.30. The Balaban J connectivity index is 2.09. The molecule has 2 aromatic carbocycles. The topological polar surface area (TPSA) is 43.4 Å². The summed E-state index contributed by atoms with van der Waals surface area (Å²) in [5, 5.41) is 0. The lowest BCUT2D eigenvalue weighted by molar-refractivity contribution is 0.101. The third kappa shape index (κ3) is 3.36. The average Bonchev–Trinajstić information content (AvgIpc) is 2.82. The van der Waals surface area contributed by atoms with Crippen LogP contribution in [0.25, 0.3) is 11.3 Å². The van der Waals surface area contributed by atoms with E-state index < -0.39 is 15.4 Å². The van der Waals surface area contributed by atoms with Gasteiger partial charge < -0.3 is 4.74 Å². The standard InChI is InChI=1S/C19H19FO3S/c1-19(2)12-17(14-5-4-6-15(20)11-14)18(23-19)13-7-9-16(10-8-13)24(3,21)22/h4-11H,12H2,1-3H3. The Labute approximate surface area is 141 Å². The molecule has 0 saturated heterocycles. The molecule has 0 spiro atoms. The molecule has 0 fully saturated rings. The minimum absolute atomic E-state index is 0.261. The molecule has 3 nitrogen and oxygen atoms in total. The van der Waals surface area contributed by atoms with Crippen LogP contribution >= 0.6 is 0 Å². The van der Waals surface area contributed by atoms with Crippen molar-refractivity contribution in [1.82, 2.24) is 0 Å². The van der Waals surface area contributed by atoms with Gasteiger partial charge in [-0.1, -0.05) is 12.1 Å². The number of hydrogen-bond donors (Lipinski definition) is 0. The van der Waals surface area contributed by atoms with Crippen LogP contribution in [0.4, 0.5) is 4.39 Å². The molecule has 0 N–H and O–H groups in total. The van der Waals surface area contributed by atoms with Gasteiger partial charge in [-0.3, -0.25) is 0 Å². The zero-order chi connectivity index (χ0) is 17.5. The molecule has 0 amide bonds. The van der Waals surface area contributed by atoms with Crippen molar-refractivity contribution in [2.75, 3.05) is 6.26 Å². The van der Waals surface area contributed by atoms with Crippen LogP contribution in [-0.2, 0) is 14.6 Å². The maximum atomic E-state index is 13.6. The zero-order valence-electron chi connectivity index (χ0n) is 13.8. The van der Waals surface area contributed by atoms with E-state index in [2.05, 4.69) is 0 Å². The molecule has 0 radical (unpaired) electrons. The molecule has 24 heavy (non-hydrogen) atoms. The first-order chi connectivity index (χ1) is 11.2. The second-order valence-corrected chi connectivity index (χ2v) is 8.67. The van der Waals surface area contributed by atoms with Gasteiger partial charge in [-0.15, -0.1) is 0 Å². The molecule has 1 aliphatic heterocycles. The lowest BCUT2D eigenvalue weighted by atomic mass is 9.94.